The lowest BCUT2D eigenvalue weighted by atomic mass is 9.99. The molecule has 326 valence electrons. The topological polar surface area (TPSA) is 176 Å². The Bertz CT molecular complexity index is 888. The van der Waals surface area contributed by atoms with Crippen molar-refractivity contribution in [3.8, 4) is 0 Å². The number of hydrogen-bond donors (Lipinski definition) is 6. The fraction of sp³-hybridized carbons (Fsp3) is 0.929. The summed E-state index contributed by atoms with van der Waals surface area (Å²) < 4.78 is 20.8. The molecule has 1 aliphatic heterocycles. The standard InChI is InChI=1S/C42H81NO11S/c1-3-5-7-9-11-13-15-17-18-20-22-24-26-28-30-32-38(46)43-35(36(45)31-29-27-25-23-21-19-16-14-12-10-8-6-4-2)34-50-42-40(48)41(52-55-54-53-49)39(47)37(33-44)51-42/h29,31,35-37,39-42,44-45,47-49H,3-28,30,32-34H2,1-2H3,(H,43,46)/b31-29+/t35-,36+,37?,39?,40?,41?,42?/m0/s1. The number of nitrogens with one attached hydrogen (secondary N) is 1. The van der Waals surface area contributed by atoms with Crippen LogP contribution in [0.15, 0.2) is 12.2 Å². The maximum absolute atomic E-state index is 13.0. The van der Waals surface area contributed by atoms with Gasteiger partial charge in [-0.1, -0.05) is 185 Å². The summed E-state index contributed by atoms with van der Waals surface area (Å²) in [6.07, 6.45) is 29.3. The largest absolute Gasteiger partial charge is 0.394 e. The van der Waals surface area contributed by atoms with Crippen LogP contribution < -0.4 is 5.32 Å². The van der Waals surface area contributed by atoms with Crippen LogP contribution in [0.4, 0.5) is 0 Å². The number of hydrogen-bond acceptors (Lipinski definition) is 12. The average molecular weight is 808 g/mol. The van der Waals surface area contributed by atoms with Crippen molar-refractivity contribution in [3.05, 3.63) is 12.2 Å². The first kappa shape index (κ1) is 52.2. The van der Waals surface area contributed by atoms with Gasteiger partial charge in [-0.3, -0.25) is 8.98 Å². The van der Waals surface area contributed by atoms with Crippen LogP contribution in [0, 0.1) is 0 Å². The van der Waals surface area contributed by atoms with Gasteiger partial charge >= 0.3 is 0 Å². The second kappa shape index (κ2) is 37.4. The van der Waals surface area contributed by atoms with Crippen molar-refractivity contribution in [2.75, 3.05) is 13.2 Å². The highest BCUT2D eigenvalue weighted by atomic mass is 32.2. The lowest BCUT2D eigenvalue weighted by molar-refractivity contribution is -0.435. The summed E-state index contributed by atoms with van der Waals surface area (Å²) in [5, 5.41) is 56.9. The van der Waals surface area contributed by atoms with E-state index in [0.29, 0.717) is 6.42 Å². The molecule has 1 fully saturated rings. The highest BCUT2D eigenvalue weighted by molar-refractivity contribution is 7.89. The molecule has 1 amide bonds. The fourth-order valence-electron chi connectivity index (χ4n) is 7.03. The predicted octanol–water partition coefficient (Wildman–Crippen LogP) is 9.18. The van der Waals surface area contributed by atoms with Gasteiger partial charge in [0.2, 0.25) is 5.91 Å². The number of amides is 1. The molecule has 7 atom stereocenters. The summed E-state index contributed by atoms with van der Waals surface area (Å²) in [7, 11) is 0. The number of aliphatic hydroxyl groups is 4. The minimum atomic E-state index is -1.54. The molecule has 12 nitrogen and oxygen atoms in total. The highest BCUT2D eigenvalue weighted by Crippen LogP contribution is 2.28. The quantitative estimate of drug-likeness (QED) is 0.0114. The first-order valence-corrected chi connectivity index (χ1v) is 22.7. The van der Waals surface area contributed by atoms with Crippen molar-refractivity contribution >= 4 is 18.2 Å². The molecule has 0 aromatic carbocycles. The molecule has 0 aliphatic carbocycles. The van der Waals surface area contributed by atoms with Crippen molar-refractivity contribution in [2.45, 2.75) is 236 Å². The zero-order chi connectivity index (χ0) is 40.2. The summed E-state index contributed by atoms with van der Waals surface area (Å²) in [5.41, 5.74) is 0. The zero-order valence-corrected chi connectivity index (χ0v) is 35.3. The van der Waals surface area contributed by atoms with Crippen LogP contribution in [0.3, 0.4) is 0 Å². The Labute approximate surface area is 338 Å². The van der Waals surface area contributed by atoms with Gasteiger partial charge in [-0.15, -0.1) is 4.33 Å². The van der Waals surface area contributed by atoms with Crippen LogP contribution >= 0.6 is 12.3 Å². The van der Waals surface area contributed by atoms with Crippen molar-refractivity contribution in [3.63, 3.8) is 0 Å². The molecule has 13 heteroatoms. The fourth-order valence-corrected chi connectivity index (χ4v) is 7.41. The van der Waals surface area contributed by atoms with Gasteiger partial charge in [-0.25, -0.2) is 5.26 Å². The zero-order valence-electron chi connectivity index (χ0n) is 34.5. The third kappa shape index (κ3) is 27.5. The maximum atomic E-state index is 13.0. The Kier molecular flexibility index (Phi) is 35.5. The van der Waals surface area contributed by atoms with E-state index in [2.05, 4.69) is 28.5 Å². The maximum Gasteiger partial charge on any atom is 0.220 e. The molecule has 0 aromatic rings. The van der Waals surface area contributed by atoms with Gasteiger partial charge in [0, 0.05) is 6.42 Å². The number of carbonyl (C=O) groups is 1. The number of aliphatic hydroxyl groups excluding tert-OH is 4. The van der Waals surface area contributed by atoms with Crippen LogP contribution in [0.2, 0.25) is 0 Å². The third-order valence-corrected chi connectivity index (χ3v) is 11.0. The minimum absolute atomic E-state index is 0.171. The molecule has 0 radical (unpaired) electrons. The summed E-state index contributed by atoms with van der Waals surface area (Å²) in [5.74, 6) is -0.200. The van der Waals surface area contributed by atoms with Gasteiger partial charge in [0.05, 0.1) is 25.4 Å². The van der Waals surface area contributed by atoms with E-state index in [1.165, 1.54) is 135 Å². The summed E-state index contributed by atoms with van der Waals surface area (Å²) in [6.45, 7) is 3.68. The van der Waals surface area contributed by atoms with Gasteiger partial charge < -0.3 is 35.2 Å². The molecule has 55 heavy (non-hydrogen) atoms. The predicted molar refractivity (Wildman–Crippen MR) is 219 cm³/mol. The lowest BCUT2D eigenvalue weighted by Crippen LogP contribution is -2.60. The molecule has 1 saturated heterocycles. The molecule has 5 unspecified atom stereocenters. The van der Waals surface area contributed by atoms with Crippen LogP contribution in [-0.2, 0) is 27.8 Å². The molecule has 0 saturated carbocycles. The molecule has 0 aromatic heterocycles. The number of unbranched alkanes of at least 4 members (excludes halogenated alkanes) is 25. The Morgan fingerprint density at radius 3 is 1.67 bits per heavy atom. The molecule has 0 bridgehead atoms. The number of allylic oxidation sites excluding steroid dienone is 1. The Hall–Kier alpha value is -0.840. The second-order valence-corrected chi connectivity index (χ2v) is 15.9. The summed E-state index contributed by atoms with van der Waals surface area (Å²) >= 11 is 0.171. The van der Waals surface area contributed by atoms with Gasteiger partial charge in [0.25, 0.3) is 0 Å². The normalized spacial score (nSPS) is 21.3. The third-order valence-electron chi connectivity index (χ3n) is 10.5. The van der Waals surface area contributed by atoms with Crippen molar-refractivity contribution in [1.29, 1.82) is 0 Å². The molecular weight excluding hydrogens is 727 g/mol. The number of ether oxygens (including phenoxy) is 2. The van der Waals surface area contributed by atoms with E-state index in [0.717, 1.165) is 38.5 Å². The Morgan fingerprint density at radius 2 is 1.20 bits per heavy atom. The molecule has 1 aliphatic rings. The Balaban J connectivity index is 2.53. The second-order valence-electron chi connectivity index (χ2n) is 15.4. The van der Waals surface area contributed by atoms with E-state index in [-0.39, 0.29) is 24.8 Å². The first-order valence-electron chi connectivity index (χ1n) is 22.1. The van der Waals surface area contributed by atoms with Crippen LogP contribution in [-0.4, -0.2) is 87.7 Å². The van der Waals surface area contributed by atoms with Crippen molar-refractivity contribution in [1.82, 2.24) is 5.32 Å². The average Bonchev–Trinajstić information content (AvgIpc) is 3.18. The van der Waals surface area contributed by atoms with Gasteiger partial charge in [-0.2, -0.15) is 0 Å². The van der Waals surface area contributed by atoms with E-state index in [1.54, 1.807) is 6.08 Å². The molecule has 6 N–H and O–H groups in total. The Morgan fingerprint density at radius 1 is 0.727 bits per heavy atom. The van der Waals surface area contributed by atoms with E-state index in [1.807, 2.05) is 6.08 Å². The smallest absolute Gasteiger partial charge is 0.220 e. The summed E-state index contributed by atoms with van der Waals surface area (Å²) in [4.78, 5) is 13.0. The SMILES string of the molecule is CCCCCCCCCCCCC/C=C/[C@@H](O)[C@H](COC1OC(CO)C(O)C(OSOOO)C1O)NC(=O)CCCCCCCCCCCCCCCCC. The van der Waals surface area contributed by atoms with E-state index in [9.17, 15) is 25.2 Å². The molecule has 1 rings (SSSR count). The van der Waals surface area contributed by atoms with Crippen molar-refractivity contribution in [2.24, 2.45) is 0 Å². The first-order chi connectivity index (χ1) is 26.9. The van der Waals surface area contributed by atoms with Crippen LogP contribution in [0.25, 0.3) is 0 Å². The molecule has 1 heterocycles. The summed E-state index contributed by atoms with van der Waals surface area (Å²) in [6, 6.07) is -0.840. The van der Waals surface area contributed by atoms with Crippen LogP contribution in [0.1, 0.15) is 194 Å². The number of rotatable bonds is 39. The number of carbonyl (C=O) groups excluding carboxylic acids is 1. The monoisotopic (exact) mass is 808 g/mol. The molecule has 0 spiro atoms. The van der Waals surface area contributed by atoms with Gasteiger partial charge in [0.1, 0.15) is 24.4 Å². The molecular formula is C42H81NO11S. The highest BCUT2D eigenvalue weighted by Gasteiger charge is 2.46. The minimum Gasteiger partial charge on any atom is -0.394 e. The van der Waals surface area contributed by atoms with Gasteiger partial charge in [-0.05, 0) is 19.3 Å². The van der Waals surface area contributed by atoms with E-state index < -0.39 is 49.5 Å². The van der Waals surface area contributed by atoms with Crippen molar-refractivity contribution < 1.29 is 53.5 Å². The van der Waals surface area contributed by atoms with E-state index >= 15 is 0 Å². The lowest BCUT2D eigenvalue weighted by Gasteiger charge is -2.41. The van der Waals surface area contributed by atoms with Gasteiger partial charge in [0.15, 0.2) is 18.6 Å². The van der Waals surface area contributed by atoms with Crippen LogP contribution in [0.5, 0.6) is 0 Å². The van der Waals surface area contributed by atoms with E-state index in [4.69, 9.17) is 18.9 Å².